The topological polar surface area (TPSA) is 40.5 Å². The molecule has 4 rings (SSSR count). The van der Waals surface area contributed by atoms with Crippen LogP contribution in [0.1, 0.15) is 72.3 Å². The first-order valence-electron chi connectivity index (χ1n) is 11.3. The van der Waals surface area contributed by atoms with Gasteiger partial charge in [-0.05, 0) is 79.8 Å². The predicted octanol–water partition coefficient (Wildman–Crippen LogP) is 5.96. The second-order valence-electron chi connectivity index (χ2n) is 9.02. The van der Waals surface area contributed by atoms with Crippen LogP contribution in [0, 0.1) is 11.8 Å². The highest BCUT2D eigenvalue weighted by Gasteiger charge is 2.37. The van der Waals surface area contributed by atoms with Gasteiger partial charge in [0.15, 0.2) is 0 Å². The van der Waals surface area contributed by atoms with Crippen LogP contribution >= 0.6 is 0 Å². The molecule has 2 aliphatic rings. The number of likely N-dealkylation sites (tertiary alicyclic amines) is 1. The zero-order valence-electron chi connectivity index (χ0n) is 17.3. The molecule has 2 fully saturated rings. The molecule has 0 amide bonds. The van der Waals surface area contributed by atoms with Crippen LogP contribution in [0.2, 0.25) is 0 Å². The molecule has 0 radical (unpaired) electrons. The maximum atomic E-state index is 11.0. The molecule has 1 N–H and O–H groups in total. The molecule has 2 aromatic carbocycles. The van der Waals surface area contributed by atoms with E-state index >= 15 is 0 Å². The van der Waals surface area contributed by atoms with E-state index < -0.39 is 5.97 Å². The summed E-state index contributed by atoms with van der Waals surface area (Å²) in [5.41, 5.74) is 3.13. The standard InChI is InChI=1S/C26H33NO2/c28-26(29)23-12-10-21(11-13-23)19-27-16-14-20(15-17-27)6-4-5-9-24-18-25(24)22-7-2-1-3-8-22/h1-3,7-8,10-13,20,24-25H,4-6,9,14-19H2,(H,28,29)/t24-,25+/m0/s1. The highest BCUT2D eigenvalue weighted by atomic mass is 16.4. The van der Waals surface area contributed by atoms with E-state index in [1.54, 1.807) is 17.7 Å². The number of rotatable bonds is 9. The monoisotopic (exact) mass is 391 g/mol. The number of benzene rings is 2. The molecule has 29 heavy (non-hydrogen) atoms. The Hall–Kier alpha value is -2.13. The van der Waals surface area contributed by atoms with Crippen LogP contribution in [0.5, 0.6) is 0 Å². The van der Waals surface area contributed by atoms with Crippen LogP contribution in [0.25, 0.3) is 0 Å². The van der Waals surface area contributed by atoms with E-state index in [1.165, 1.54) is 63.6 Å². The summed E-state index contributed by atoms with van der Waals surface area (Å²) in [4.78, 5) is 13.5. The van der Waals surface area contributed by atoms with E-state index in [-0.39, 0.29) is 0 Å². The number of nitrogens with zero attached hydrogens (tertiary/aromatic N) is 1. The molecule has 0 bridgehead atoms. The molecule has 1 saturated carbocycles. The normalized spacial score (nSPS) is 22.5. The highest BCUT2D eigenvalue weighted by molar-refractivity contribution is 5.87. The molecule has 1 aliphatic carbocycles. The quantitative estimate of drug-likeness (QED) is 0.536. The molecule has 3 nitrogen and oxygen atoms in total. The molecular formula is C26H33NO2. The van der Waals surface area contributed by atoms with Crippen LogP contribution in [0.15, 0.2) is 54.6 Å². The van der Waals surface area contributed by atoms with Gasteiger partial charge >= 0.3 is 5.97 Å². The molecule has 0 unspecified atom stereocenters. The number of carbonyl (C=O) groups is 1. The van der Waals surface area contributed by atoms with Crippen LogP contribution in [0.3, 0.4) is 0 Å². The predicted molar refractivity (Wildman–Crippen MR) is 117 cm³/mol. The Morgan fingerprint density at radius 1 is 0.931 bits per heavy atom. The summed E-state index contributed by atoms with van der Waals surface area (Å²) in [5, 5.41) is 9.00. The molecule has 2 atom stereocenters. The van der Waals surface area contributed by atoms with Gasteiger partial charge in [0.2, 0.25) is 0 Å². The van der Waals surface area contributed by atoms with Crippen LogP contribution in [-0.2, 0) is 6.54 Å². The van der Waals surface area contributed by atoms with Gasteiger partial charge in [-0.25, -0.2) is 4.79 Å². The van der Waals surface area contributed by atoms with Crippen LogP contribution in [-0.4, -0.2) is 29.1 Å². The third kappa shape index (κ3) is 5.70. The van der Waals surface area contributed by atoms with Crippen LogP contribution in [0.4, 0.5) is 0 Å². The molecule has 154 valence electrons. The van der Waals surface area contributed by atoms with Crippen molar-refractivity contribution < 1.29 is 9.90 Å². The lowest BCUT2D eigenvalue weighted by Gasteiger charge is -2.32. The van der Waals surface area contributed by atoms with Crippen molar-refractivity contribution in [2.24, 2.45) is 11.8 Å². The largest absolute Gasteiger partial charge is 0.478 e. The highest BCUT2D eigenvalue weighted by Crippen LogP contribution is 2.50. The van der Waals surface area contributed by atoms with Crippen molar-refractivity contribution in [3.63, 3.8) is 0 Å². The number of aromatic carboxylic acids is 1. The second-order valence-corrected chi connectivity index (χ2v) is 9.02. The number of hydrogen-bond acceptors (Lipinski definition) is 2. The lowest BCUT2D eigenvalue weighted by atomic mass is 9.90. The number of hydrogen-bond donors (Lipinski definition) is 1. The first-order valence-corrected chi connectivity index (χ1v) is 11.3. The van der Waals surface area contributed by atoms with Crippen molar-refractivity contribution in [1.29, 1.82) is 0 Å². The van der Waals surface area contributed by atoms with Crippen molar-refractivity contribution in [1.82, 2.24) is 4.90 Å². The fourth-order valence-corrected chi connectivity index (χ4v) is 4.96. The summed E-state index contributed by atoms with van der Waals surface area (Å²) in [7, 11) is 0. The maximum Gasteiger partial charge on any atom is 0.335 e. The van der Waals surface area contributed by atoms with Crippen molar-refractivity contribution in [2.75, 3.05) is 13.1 Å². The number of carboxylic acids is 1. The molecule has 1 aliphatic heterocycles. The molecule has 0 spiro atoms. The lowest BCUT2D eigenvalue weighted by molar-refractivity contribution is 0.0697. The molecule has 1 heterocycles. The van der Waals surface area contributed by atoms with Gasteiger partial charge in [-0.2, -0.15) is 0 Å². The van der Waals surface area contributed by atoms with Gasteiger partial charge < -0.3 is 5.11 Å². The summed E-state index contributed by atoms with van der Waals surface area (Å²) >= 11 is 0. The Kier molecular flexibility index (Phi) is 6.66. The van der Waals surface area contributed by atoms with Gasteiger partial charge in [0, 0.05) is 6.54 Å². The van der Waals surface area contributed by atoms with Crippen molar-refractivity contribution in [3.8, 4) is 0 Å². The van der Waals surface area contributed by atoms with Gasteiger partial charge in [0.05, 0.1) is 5.56 Å². The molecule has 1 saturated heterocycles. The van der Waals surface area contributed by atoms with Gasteiger partial charge in [-0.15, -0.1) is 0 Å². The van der Waals surface area contributed by atoms with Crippen molar-refractivity contribution in [2.45, 2.75) is 57.4 Å². The summed E-state index contributed by atoms with van der Waals surface area (Å²) in [5.74, 6) is 1.81. The van der Waals surface area contributed by atoms with Gasteiger partial charge in [-0.1, -0.05) is 61.7 Å². The first-order chi connectivity index (χ1) is 14.2. The smallest absolute Gasteiger partial charge is 0.335 e. The summed E-state index contributed by atoms with van der Waals surface area (Å²) in [6.07, 6.45) is 9.60. The minimum Gasteiger partial charge on any atom is -0.478 e. The summed E-state index contributed by atoms with van der Waals surface area (Å²) in [6, 6.07) is 18.4. The molecular weight excluding hydrogens is 358 g/mol. The van der Waals surface area contributed by atoms with E-state index in [9.17, 15) is 4.79 Å². The third-order valence-electron chi connectivity index (χ3n) is 6.90. The lowest BCUT2D eigenvalue weighted by Crippen LogP contribution is -2.33. The van der Waals surface area contributed by atoms with E-state index in [2.05, 4.69) is 35.2 Å². The summed E-state index contributed by atoms with van der Waals surface area (Å²) in [6.45, 7) is 3.28. The molecule has 0 aromatic heterocycles. The molecule has 3 heteroatoms. The SMILES string of the molecule is O=C(O)c1ccc(CN2CCC(CCCC[C@H]3C[C@@H]3c3ccccc3)CC2)cc1. The Bertz CT molecular complexity index is 778. The fourth-order valence-electron chi connectivity index (χ4n) is 4.96. The molecule has 2 aromatic rings. The van der Waals surface area contributed by atoms with Gasteiger partial charge in [0.1, 0.15) is 0 Å². The Morgan fingerprint density at radius 2 is 1.62 bits per heavy atom. The zero-order chi connectivity index (χ0) is 20.1. The van der Waals surface area contributed by atoms with Gasteiger partial charge in [0.25, 0.3) is 0 Å². The number of carboxylic acid groups (broad SMARTS) is 1. The van der Waals surface area contributed by atoms with E-state index in [4.69, 9.17) is 5.11 Å². The third-order valence-corrected chi connectivity index (χ3v) is 6.90. The van der Waals surface area contributed by atoms with Gasteiger partial charge in [-0.3, -0.25) is 4.90 Å². The Balaban J connectivity index is 1.09. The minimum atomic E-state index is -0.852. The maximum absolute atomic E-state index is 11.0. The number of piperidine rings is 1. The minimum absolute atomic E-state index is 0.369. The fraction of sp³-hybridized carbons (Fsp3) is 0.500. The Morgan fingerprint density at radius 3 is 2.31 bits per heavy atom. The summed E-state index contributed by atoms with van der Waals surface area (Å²) < 4.78 is 0. The second kappa shape index (κ2) is 9.58. The number of unbranched alkanes of at least 4 members (excludes halogenated alkanes) is 1. The van der Waals surface area contributed by atoms with E-state index in [0.29, 0.717) is 5.56 Å². The average molecular weight is 392 g/mol. The Labute approximate surface area is 174 Å². The zero-order valence-corrected chi connectivity index (χ0v) is 17.3. The van der Waals surface area contributed by atoms with Crippen molar-refractivity contribution in [3.05, 3.63) is 71.3 Å². The van der Waals surface area contributed by atoms with E-state index in [1.807, 2.05) is 12.1 Å². The van der Waals surface area contributed by atoms with Crippen molar-refractivity contribution >= 4 is 5.97 Å². The average Bonchev–Trinajstić information content (AvgIpc) is 3.53. The van der Waals surface area contributed by atoms with E-state index in [0.717, 1.165) is 24.3 Å². The van der Waals surface area contributed by atoms with Crippen LogP contribution < -0.4 is 0 Å². The first kappa shape index (κ1) is 20.2.